The van der Waals surface area contributed by atoms with E-state index in [-0.39, 0.29) is 25.6 Å². The van der Waals surface area contributed by atoms with Gasteiger partial charge in [0.05, 0.1) is 6.61 Å². The summed E-state index contributed by atoms with van der Waals surface area (Å²) in [5.41, 5.74) is 1.09. The SMILES string of the molecule is OC[C@H]1OCO[C@@H]1c1ccccc1I. The van der Waals surface area contributed by atoms with Crippen LogP contribution in [-0.4, -0.2) is 24.6 Å². The second kappa shape index (κ2) is 4.57. The molecule has 0 aliphatic carbocycles. The Bertz CT molecular complexity index is 316. The molecular weight excluding hydrogens is 295 g/mol. The molecule has 1 aliphatic heterocycles. The molecule has 3 nitrogen and oxygen atoms in total. The summed E-state index contributed by atoms with van der Waals surface area (Å²) in [4.78, 5) is 0. The van der Waals surface area contributed by atoms with Gasteiger partial charge in [-0.15, -0.1) is 0 Å². The molecule has 4 heteroatoms. The summed E-state index contributed by atoms with van der Waals surface area (Å²) in [7, 11) is 0. The molecule has 0 bridgehead atoms. The summed E-state index contributed by atoms with van der Waals surface area (Å²) < 4.78 is 11.8. The molecule has 1 saturated heterocycles. The van der Waals surface area contributed by atoms with Crippen molar-refractivity contribution in [2.45, 2.75) is 12.2 Å². The largest absolute Gasteiger partial charge is 0.394 e. The third kappa shape index (κ3) is 1.93. The van der Waals surface area contributed by atoms with Crippen LogP contribution in [0.4, 0.5) is 0 Å². The van der Waals surface area contributed by atoms with Crippen molar-refractivity contribution in [1.82, 2.24) is 0 Å². The highest BCUT2D eigenvalue weighted by molar-refractivity contribution is 14.1. The Kier molecular flexibility index (Phi) is 3.38. The van der Waals surface area contributed by atoms with Gasteiger partial charge in [-0.2, -0.15) is 0 Å². The van der Waals surface area contributed by atoms with Gasteiger partial charge in [0.25, 0.3) is 0 Å². The predicted molar refractivity (Wildman–Crippen MR) is 59.8 cm³/mol. The maximum absolute atomic E-state index is 9.08. The quantitative estimate of drug-likeness (QED) is 0.845. The van der Waals surface area contributed by atoms with Gasteiger partial charge < -0.3 is 14.6 Å². The van der Waals surface area contributed by atoms with Gasteiger partial charge in [-0.3, -0.25) is 0 Å². The van der Waals surface area contributed by atoms with Crippen LogP contribution in [0.2, 0.25) is 0 Å². The molecule has 2 atom stereocenters. The summed E-state index contributed by atoms with van der Waals surface area (Å²) >= 11 is 2.26. The molecule has 0 amide bonds. The van der Waals surface area contributed by atoms with Gasteiger partial charge in [0.15, 0.2) is 0 Å². The van der Waals surface area contributed by atoms with Crippen LogP contribution >= 0.6 is 22.6 Å². The van der Waals surface area contributed by atoms with E-state index in [1.807, 2.05) is 24.3 Å². The van der Waals surface area contributed by atoms with E-state index in [2.05, 4.69) is 22.6 Å². The fourth-order valence-electron chi connectivity index (χ4n) is 1.54. The van der Waals surface area contributed by atoms with Crippen molar-refractivity contribution in [3.63, 3.8) is 0 Å². The zero-order valence-corrected chi connectivity index (χ0v) is 9.68. The number of hydrogen-bond donors (Lipinski definition) is 1. The molecule has 1 heterocycles. The third-order valence-corrected chi connectivity index (χ3v) is 3.24. The van der Waals surface area contributed by atoms with E-state index < -0.39 is 0 Å². The molecule has 0 aromatic heterocycles. The first-order valence-corrected chi connectivity index (χ1v) is 5.49. The maximum atomic E-state index is 9.08. The van der Waals surface area contributed by atoms with Crippen LogP contribution in [0.3, 0.4) is 0 Å². The third-order valence-electron chi connectivity index (χ3n) is 2.26. The normalized spacial score (nSPS) is 26.7. The van der Waals surface area contributed by atoms with E-state index in [0.717, 1.165) is 9.13 Å². The second-order valence-electron chi connectivity index (χ2n) is 3.11. The Balaban J connectivity index is 2.26. The molecule has 14 heavy (non-hydrogen) atoms. The highest BCUT2D eigenvalue weighted by atomic mass is 127. The van der Waals surface area contributed by atoms with Crippen LogP contribution in [0.15, 0.2) is 24.3 Å². The van der Waals surface area contributed by atoms with E-state index in [1.165, 1.54) is 0 Å². The van der Waals surface area contributed by atoms with E-state index in [4.69, 9.17) is 14.6 Å². The molecule has 0 saturated carbocycles. The van der Waals surface area contributed by atoms with E-state index in [0.29, 0.717) is 0 Å². The summed E-state index contributed by atoms with van der Waals surface area (Å²) in [5, 5.41) is 9.08. The molecule has 1 aromatic carbocycles. The fourth-order valence-corrected chi connectivity index (χ4v) is 2.23. The van der Waals surface area contributed by atoms with Crippen molar-refractivity contribution >= 4 is 22.6 Å². The van der Waals surface area contributed by atoms with Crippen molar-refractivity contribution < 1.29 is 14.6 Å². The first-order chi connectivity index (χ1) is 6.83. The maximum Gasteiger partial charge on any atom is 0.148 e. The summed E-state index contributed by atoms with van der Waals surface area (Å²) in [5.74, 6) is 0. The first-order valence-electron chi connectivity index (χ1n) is 4.41. The Morgan fingerprint density at radius 1 is 1.36 bits per heavy atom. The molecule has 2 rings (SSSR count). The van der Waals surface area contributed by atoms with Crippen LogP contribution < -0.4 is 0 Å². The van der Waals surface area contributed by atoms with Gasteiger partial charge in [0, 0.05) is 3.57 Å². The van der Waals surface area contributed by atoms with Gasteiger partial charge >= 0.3 is 0 Å². The molecular formula is C10H11IO3. The minimum atomic E-state index is -0.231. The number of benzene rings is 1. The molecule has 76 valence electrons. The van der Waals surface area contributed by atoms with E-state index in [1.54, 1.807) is 0 Å². The number of aliphatic hydroxyl groups is 1. The van der Waals surface area contributed by atoms with Gasteiger partial charge in [0.1, 0.15) is 19.0 Å². The van der Waals surface area contributed by atoms with E-state index >= 15 is 0 Å². The van der Waals surface area contributed by atoms with Crippen LogP contribution in [-0.2, 0) is 9.47 Å². The molecule has 1 fully saturated rings. The van der Waals surface area contributed by atoms with Crippen LogP contribution in [0.1, 0.15) is 11.7 Å². The number of rotatable bonds is 2. The summed E-state index contributed by atoms with van der Waals surface area (Å²) in [6.45, 7) is 0.260. The van der Waals surface area contributed by atoms with Gasteiger partial charge in [0.2, 0.25) is 0 Å². The Morgan fingerprint density at radius 2 is 2.14 bits per heavy atom. The Hall–Kier alpha value is -0.170. The number of ether oxygens (including phenoxy) is 2. The predicted octanol–water partition coefficient (Wildman–Crippen LogP) is 1.70. The molecule has 1 aromatic rings. The van der Waals surface area contributed by atoms with Crippen molar-refractivity contribution in [3.8, 4) is 0 Å². The highest BCUT2D eigenvalue weighted by Gasteiger charge is 2.31. The summed E-state index contributed by atoms with van der Waals surface area (Å²) in [6.07, 6.45) is -0.362. The van der Waals surface area contributed by atoms with Crippen molar-refractivity contribution in [2.24, 2.45) is 0 Å². The van der Waals surface area contributed by atoms with Crippen LogP contribution in [0, 0.1) is 3.57 Å². The van der Waals surface area contributed by atoms with Crippen molar-refractivity contribution in [3.05, 3.63) is 33.4 Å². The van der Waals surface area contributed by atoms with Gasteiger partial charge in [-0.1, -0.05) is 18.2 Å². The van der Waals surface area contributed by atoms with Crippen molar-refractivity contribution in [1.29, 1.82) is 0 Å². The fraction of sp³-hybridized carbons (Fsp3) is 0.400. The number of halogens is 1. The smallest absolute Gasteiger partial charge is 0.148 e. The number of hydrogen-bond acceptors (Lipinski definition) is 3. The minimum Gasteiger partial charge on any atom is -0.394 e. The lowest BCUT2D eigenvalue weighted by Gasteiger charge is -2.16. The standard InChI is InChI=1S/C10H11IO3/c11-8-4-2-1-3-7(8)10-9(5-12)13-6-14-10/h1-4,9-10,12H,5-6H2/t9-,10-/m1/s1. The monoisotopic (exact) mass is 306 g/mol. The second-order valence-corrected chi connectivity index (χ2v) is 4.28. The molecule has 0 radical (unpaired) electrons. The van der Waals surface area contributed by atoms with Crippen LogP contribution in [0.25, 0.3) is 0 Å². The molecule has 0 spiro atoms. The van der Waals surface area contributed by atoms with Crippen molar-refractivity contribution in [2.75, 3.05) is 13.4 Å². The van der Waals surface area contributed by atoms with E-state index in [9.17, 15) is 0 Å². The highest BCUT2D eigenvalue weighted by Crippen LogP contribution is 2.31. The zero-order valence-electron chi connectivity index (χ0n) is 7.52. The van der Waals surface area contributed by atoms with Gasteiger partial charge in [-0.05, 0) is 34.2 Å². The topological polar surface area (TPSA) is 38.7 Å². The lowest BCUT2D eigenvalue weighted by molar-refractivity contribution is 0.0266. The lowest BCUT2D eigenvalue weighted by Crippen LogP contribution is -2.19. The van der Waals surface area contributed by atoms with Crippen LogP contribution in [0.5, 0.6) is 0 Å². The minimum absolute atomic E-state index is 0.00432. The Morgan fingerprint density at radius 3 is 2.86 bits per heavy atom. The zero-order chi connectivity index (χ0) is 9.97. The average Bonchev–Trinajstić information content (AvgIpc) is 2.66. The molecule has 1 N–H and O–H groups in total. The first kappa shape index (κ1) is 10.4. The molecule has 1 aliphatic rings. The summed E-state index contributed by atoms with van der Waals surface area (Å²) in [6, 6.07) is 7.97. The van der Waals surface area contributed by atoms with Gasteiger partial charge in [-0.25, -0.2) is 0 Å². The Labute approximate surface area is 96.2 Å². The lowest BCUT2D eigenvalue weighted by atomic mass is 10.1. The number of aliphatic hydroxyl groups excluding tert-OH is 1. The average molecular weight is 306 g/mol. The molecule has 0 unspecified atom stereocenters.